The van der Waals surface area contributed by atoms with Crippen molar-refractivity contribution in [3.05, 3.63) is 10.6 Å². The summed E-state index contributed by atoms with van der Waals surface area (Å²) in [6.45, 7) is 14.5. The van der Waals surface area contributed by atoms with Crippen molar-refractivity contribution in [3.8, 4) is 0 Å². The van der Waals surface area contributed by atoms with E-state index >= 15 is 0 Å². The Hall–Kier alpha value is -0.610. The summed E-state index contributed by atoms with van der Waals surface area (Å²) >= 11 is 1.87. The van der Waals surface area contributed by atoms with E-state index in [1.807, 2.05) is 18.4 Å². The minimum Gasteiger partial charge on any atom is -0.348 e. The fourth-order valence-electron chi connectivity index (χ4n) is 2.34. The number of nitrogens with one attached hydrogen (secondary N) is 1. The Bertz CT molecular complexity index is 399. The molecule has 21 heavy (non-hydrogen) atoms. The Morgan fingerprint density at radius 3 is 2.10 bits per heavy atom. The maximum absolute atomic E-state index is 5.01. The van der Waals surface area contributed by atoms with Gasteiger partial charge in [-0.1, -0.05) is 47.5 Å². The first kappa shape index (κ1) is 18.4. The average molecular weight is 312 g/mol. The molecule has 0 unspecified atom stereocenters. The van der Waals surface area contributed by atoms with E-state index in [-0.39, 0.29) is 5.41 Å². The van der Waals surface area contributed by atoms with Gasteiger partial charge in [0.2, 0.25) is 0 Å². The SMILES string of the molecule is CCCCN(CCCC)c1nc(C(C)(C)C)c(CNC)s1. The summed E-state index contributed by atoms with van der Waals surface area (Å²) in [6.07, 6.45) is 4.97. The van der Waals surface area contributed by atoms with Crippen LogP contribution in [0.1, 0.15) is 70.9 Å². The van der Waals surface area contributed by atoms with Gasteiger partial charge >= 0.3 is 0 Å². The molecule has 1 rings (SSSR count). The van der Waals surface area contributed by atoms with Crippen LogP contribution in [0.2, 0.25) is 0 Å². The summed E-state index contributed by atoms with van der Waals surface area (Å²) in [5.74, 6) is 0. The normalized spacial score (nSPS) is 11.9. The number of hydrogen-bond acceptors (Lipinski definition) is 4. The molecule has 1 heterocycles. The maximum Gasteiger partial charge on any atom is 0.185 e. The maximum atomic E-state index is 5.01. The highest BCUT2D eigenvalue weighted by Gasteiger charge is 2.24. The Labute approximate surface area is 135 Å². The predicted octanol–water partition coefficient (Wildman–Crippen LogP) is 4.57. The van der Waals surface area contributed by atoms with E-state index in [0.29, 0.717) is 0 Å². The zero-order chi connectivity index (χ0) is 15.9. The molecule has 1 N–H and O–H groups in total. The average Bonchev–Trinajstić information content (AvgIpc) is 2.83. The zero-order valence-electron chi connectivity index (χ0n) is 14.8. The summed E-state index contributed by atoms with van der Waals surface area (Å²) in [6, 6.07) is 0. The first-order valence-corrected chi connectivity index (χ1v) is 9.15. The summed E-state index contributed by atoms with van der Waals surface area (Å²) in [5.41, 5.74) is 1.37. The Morgan fingerprint density at radius 1 is 1.10 bits per heavy atom. The molecule has 0 aliphatic rings. The van der Waals surface area contributed by atoms with Crippen molar-refractivity contribution in [2.75, 3.05) is 25.0 Å². The molecule has 4 heteroatoms. The monoisotopic (exact) mass is 311 g/mol. The van der Waals surface area contributed by atoms with Crippen molar-refractivity contribution >= 4 is 16.5 Å². The van der Waals surface area contributed by atoms with Gasteiger partial charge in [0.05, 0.1) is 5.69 Å². The van der Waals surface area contributed by atoms with Gasteiger partial charge in [-0.15, -0.1) is 11.3 Å². The van der Waals surface area contributed by atoms with Crippen molar-refractivity contribution in [2.24, 2.45) is 0 Å². The van der Waals surface area contributed by atoms with Crippen LogP contribution in [0.15, 0.2) is 0 Å². The molecule has 0 amide bonds. The fraction of sp³-hybridized carbons (Fsp3) is 0.824. The third-order valence-electron chi connectivity index (χ3n) is 3.57. The highest BCUT2D eigenvalue weighted by Crippen LogP contribution is 2.34. The lowest BCUT2D eigenvalue weighted by molar-refractivity contribution is 0.561. The Morgan fingerprint density at radius 2 is 1.67 bits per heavy atom. The molecule has 0 fully saturated rings. The van der Waals surface area contributed by atoms with Crippen LogP contribution in [-0.4, -0.2) is 25.1 Å². The third kappa shape index (κ3) is 5.59. The zero-order valence-corrected chi connectivity index (χ0v) is 15.6. The number of thiazole rings is 1. The number of unbranched alkanes of at least 4 members (excludes halogenated alkanes) is 2. The molecule has 1 aromatic rings. The van der Waals surface area contributed by atoms with E-state index in [0.717, 1.165) is 19.6 Å². The van der Waals surface area contributed by atoms with Crippen LogP contribution < -0.4 is 10.2 Å². The van der Waals surface area contributed by atoms with Crippen molar-refractivity contribution in [3.63, 3.8) is 0 Å². The lowest BCUT2D eigenvalue weighted by Gasteiger charge is -2.22. The second-order valence-electron chi connectivity index (χ2n) is 6.74. The molecular weight excluding hydrogens is 278 g/mol. The van der Waals surface area contributed by atoms with Gasteiger partial charge in [-0.2, -0.15) is 0 Å². The van der Waals surface area contributed by atoms with Crippen molar-refractivity contribution in [1.29, 1.82) is 0 Å². The van der Waals surface area contributed by atoms with Gasteiger partial charge in [0.25, 0.3) is 0 Å². The predicted molar refractivity (Wildman–Crippen MR) is 95.6 cm³/mol. The quantitative estimate of drug-likeness (QED) is 0.724. The van der Waals surface area contributed by atoms with Gasteiger partial charge in [0.15, 0.2) is 5.13 Å². The molecule has 0 saturated carbocycles. The van der Waals surface area contributed by atoms with Crippen LogP contribution in [0.3, 0.4) is 0 Å². The standard InChI is InChI=1S/C17H33N3S/c1-7-9-11-20(12-10-8-2)16-19-15(17(3,4)5)14(21-16)13-18-6/h18H,7-13H2,1-6H3. The minimum atomic E-state index is 0.113. The van der Waals surface area contributed by atoms with Crippen LogP contribution in [0.25, 0.3) is 0 Å². The van der Waals surface area contributed by atoms with Crippen molar-refractivity contribution in [1.82, 2.24) is 10.3 Å². The number of hydrogen-bond donors (Lipinski definition) is 1. The van der Waals surface area contributed by atoms with E-state index < -0.39 is 0 Å². The van der Waals surface area contributed by atoms with E-state index in [9.17, 15) is 0 Å². The van der Waals surface area contributed by atoms with Gasteiger partial charge < -0.3 is 10.2 Å². The molecule has 0 aliphatic carbocycles. The molecular formula is C17H33N3S. The third-order valence-corrected chi connectivity index (χ3v) is 4.68. The lowest BCUT2D eigenvalue weighted by atomic mass is 9.91. The largest absolute Gasteiger partial charge is 0.348 e. The highest BCUT2D eigenvalue weighted by atomic mass is 32.1. The summed E-state index contributed by atoms with van der Waals surface area (Å²) in [5, 5.41) is 4.50. The summed E-state index contributed by atoms with van der Waals surface area (Å²) < 4.78 is 0. The molecule has 0 aliphatic heterocycles. The molecule has 3 nitrogen and oxygen atoms in total. The van der Waals surface area contributed by atoms with Gasteiger partial charge in [-0.3, -0.25) is 0 Å². The Kier molecular flexibility index (Phi) is 7.67. The molecule has 0 radical (unpaired) electrons. The van der Waals surface area contributed by atoms with Crippen LogP contribution in [0, 0.1) is 0 Å². The van der Waals surface area contributed by atoms with Crippen LogP contribution in [-0.2, 0) is 12.0 Å². The van der Waals surface area contributed by atoms with Gasteiger partial charge in [-0.25, -0.2) is 4.98 Å². The van der Waals surface area contributed by atoms with Crippen LogP contribution >= 0.6 is 11.3 Å². The van der Waals surface area contributed by atoms with Crippen molar-refractivity contribution < 1.29 is 0 Å². The number of anilines is 1. The van der Waals surface area contributed by atoms with Crippen molar-refractivity contribution in [2.45, 2.75) is 72.3 Å². The topological polar surface area (TPSA) is 28.2 Å². The second kappa shape index (κ2) is 8.74. The lowest BCUT2D eigenvalue weighted by Crippen LogP contribution is -2.25. The first-order valence-electron chi connectivity index (χ1n) is 8.33. The molecule has 0 bridgehead atoms. The number of nitrogens with zero attached hydrogens (tertiary/aromatic N) is 2. The summed E-state index contributed by atoms with van der Waals surface area (Å²) in [7, 11) is 2.01. The van der Waals surface area contributed by atoms with Gasteiger partial charge in [0.1, 0.15) is 0 Å². The van der Waals surface area contributed by atoms with Crippen LogP contribution in [0.4, 0.5) is 5.13 Å². The molecule has 0 aromatic carbocycles. The minimum absolute atomic E-state index is 0.113. The smallest absolute Gasteiger partial charge is 0.185 e. The second-order valence-corrected chi connectivity index (χ2v) is 7.80. The Balaban J connectivity index is 3.01. The highest BCUT2D eigenvalue weighted by molar-refractivity contribution is 7.15. The van der Waals surface area contributed by atoms with E-state index in [1.165, 1.54) is 41.4 Å². The summed E-state index contributed by atoms with van der Waals surface area (Å²) in [4.78, 5) is 8.89. The van der Waals surface area contributed by atoms with E-state index in [2.05, 4.69) is 44.8 Å². The molecule has 0 atom stereocenters. The number of aromatic nitrogens is 1. The molecule has 1 aromatic heterocycles. The van der Waals surface area contributed by atoms with Gasteiger partial charge in [0, 0.05) is 29.9 Å². The fourth-order valence-corrected chi connectivity index (χ4v) is 3.68. The van der Waals surface area contributed by atoms with E-state index in [4.69, 9.17) is 4.98 Å². The molecule has 0 spiro atoms. The molecule has 0 saturated heterocycles. The van der Waals surface area contributed by atoms with Crippen LogP contribution in [0.5, 0.6) is 0 Å². The number of rotatable bonds is 9. The van der Waals surface area contributed by atoms with Gasteiger partial charge in [-0.05, 0) is 19.9 Å². The first-order chi connectivity index (χ1) is 9.93. The molecule has 122 valence electrons. The van der Waals surface area contributed by atoms with E-state index in [1.54, 1.807) is 0 Å².